The van der Waals surface area contributed by atoms with E-state index in [2.05, 4.69) is 17.0 Å². The number of hydrogen-bond acceptors (Lipinski definition) is 7. The highest BCUT2D eigenvalue weighted by molar-refractivity contribution is 5.84. The van der Waals surface area contributed by atoms with Gasteiger partial charge in [0.15, 0.2) is 6.61 Å². The van der Waals surface area contributed by atoms with E-state index in [0.717, 1.165) is 28.5 Å². The molecule has 0 aliphatic heterocycles. The van der Waals surface area contributed by atoms with Gasteiger partial charge in [-0.15, -0.1) is 0 Å². The van der Waals surface area contributed by atoms with Gasteiger partial charge in [0.25, 0.3) is 0 Å². The maximum Gasteiger partial charge on any atom is 0.343 e. The minimum atomic E-state index is -0.413. The number of nitrogens with one attached hydrogen (secondary N) is 1. The van der Waals surface area contributed by atoms with E-state index in [1.807, 2.05) is 48.5 Å². The smallest absolute Gasteiger partial charge is 0.343 e. The molecule has 7 heteroatoms. The molecule has 31 heavy (non-hydrogen) atoms. The Hall–Kier alpha value is -2.87. The summed E-state index contributed by atoms with van der Waals surface area (Å²) in [5.41, 5.74) is 1.14. The first-order valence-electron chi connectivity index (χ1n) is 10.3. The second-order valence-electron chi connectivity index (χ2n) is 7.29. The Morgan fingerprint density at radius 3 is 2.68 bits per heavy atom. The predicted molar refractivity (Wildman–Crippen MR) is 117 cm³/mol. The van der Waals surface area contributed by atoms with Crippen molar-refractivity contribution in [3.05, 3.63) is 66.1 Å². The molecular formula is C24H29NO6. The third-order valence-electron chi connectivity index (χ3n) is 4.94. The predicted octanol–water partition coefficient (Wildman–Crippen LogP) is 3.26. The summed E-state index contributed by atoms with van der Waals surface area (Å²) in [5, 5.41) is 14.7. The lowest BCUT2D eigenvalue weighted by molar-refractivity contribution is -0.142. The van der Waals surface area contributed by atoms with Crippen molar-refractivity contribution < 1.29 is 28.5 Å². The minimum absolute atomic E-state index is 0.0465. The number of aliphatic hydroxyl groups is 1. The standard InChI is InChI=1S/C24H29NO6/c1-17(13-18-7-9-20(10-8-18)30-16-23(27)28-2)25-14-22(29-12-11-26)24-21-6-4-3-5-19(21)15-31-24/h3-10,15,17,22,25-26H,11-14,16H2,1-2H3. The molecule has 3 rings (SSSR count). The third kappa shape index (κ3) is 6.55. The molecule has 0 aliphatic rings. The summed E-state index contributed by atoms with van der Waals surface area (Å²) in [6, 6.07) is 15.8. The largest absolute Gasteiger partial charge is 0.482 e. The van der Waals surface area contributed by atoms with E-state index in [0.29, 0.717) is 12.3 Å². The molecule has 0 radical (unpaired) electrons. The number of methoxy groups -OCH3 is 1. The molecule has 7 nitrogen and oxygen atoms in total. The zero-order valence-corrected chi connectivity index (χ0v) is 17.9. The molecule has 0 amide bonds. The molecule has 0 spiro atoms. The van der Waals surface area contributed by atoms with Gasteiger partial charge in [0.1, 0.15) is 17.6 Å². The Labute approximate surface area is 181 Å². The number of carbonyl (C=O) groups excluding carboxylic acids is 1. The average Bonchev–Trinajstić information content (AvgIpc) is 3.22. The van der Waals surface area contributed by atoms with Crippen LogP contribution in [0, 0.1) is 0 Å². The van der Waals surface area contributed by atoms with Gasteiger partial charge in [0, 0.05) is 23.4 Å². The van der Waals surface area contributed by atoms with Crippen LogP contribution in [0.5, 0.6) is 5.75 Å². The molecule has 166 valence electrons. The van der Waals surface area contributed by atoms with Gasteiger partial charge < -0.3 is 29.1 Å². The second-order valence-corrected chi connectivity index (χ2v) is 7.29. The summed E-state index contributed by atoms with van der Waals surface area (Å²) in [4.78, 5) is 11.2. The molecule has 2 N–H and O–H groups in total. The summed E-state index contributed by atoms with van der Waals surface area (Å²) < 4.78 is 21.6. The third-order valence-corrected chi connectivity index (χ3v) is 4.94. The molecule has 3 aromatic rings. The summed E-state index contributed by atoms with van der Waals surface area (Å²) in [6.07, 6.45) is 2.24. The number of rotatable bonds is 12. The van der Waals surface area contributed by atoms with Gasteiger partial charge in [-0.05, 0) is 31.0 Å². The van der Waals surface area contributed by atoms with E-state index in [4.69, 9.17) is 13.9 Å². The van der Waals surface area contributed by atoms with Crippen molar-refractivity contribution in [3.8, 4) is 5.75 Å². The van der Waals surface area contributed by atoms with Gasteiger partial charge in [0.2, 0.25) is 0 Å². The zero-order chi connectivity index (χ0) is 22.1. The van der Waals surface area contributed by atoms with Crippen LogP contribution in [0.3, 0.4) is 0 Å². The summed E-state index contributed by atoms with van der Waals surface area (Å²) in [6.45, 7) is 2.74. The van der Waals surface area contributed by atoms with Gasteiger partial charge >= 0.3 is 5.97 Å². The Balaban J connectivity index is 1.56. The first kappa shape index (κ1) is 22.8. The number of hydrogen-bond donors (Lipinski definition) is 2. The average molecular weight is 427 g/mol. The van der Waals surface area contributed by atoms with Crippen molar-refractivity contribution in [2.24, 2.45) is 0 Å². The fourth-order valence-electron chi connectivity index (χ4n) is 3.34. The lowest BCUT2D eigenvalue weighted by atomic mass is 10.1. The van der Waals surface area contributed by atoms with Crippen LogP contribution in [0.25, 0.3) is 10.8 Å². The van der Waals surface area contributed by atoms with E-state index in [1.165, 1.54) is 7.11 Å². The molecule has 2 atom stereocenters. The van der Waals surface area contributed by atoms with E-state index in [-0.39, 0.29) is 32.0 Å². The SMILES string of the molecule is COC(=O)COc1ccc(CC(C)NCC(OCCO)c2occ3ccccc23)cc1. The van der Waals surface area contributed by atoms with Crippen molar-refractivity contribution in [1.82, 2.24) is 5.32 Å². The first-order chi connectivity index (χ1) is 15.1. The molecular weight excluding hydrogens is 398 g/mol. The van der Waals surface area contributed by atoms with Gasteiger partial charge in [-0.1, -0.05) is 36.4 Å². The van der Waals surface area contributed by atoms with Crippen LogP contribution >= 0.6 is 0 Å². The summed E-state index contributed by atoms with van der Waals surface area (Å²) >= 11 is 0. The number of aliphatic hydroxyl groups excluding tert-OH is 1. The van der Waals surface area contributed by atoms with Gasteiger partial charge in [-0.3, -0.25) is 0 Å². The van der Waals surface area contributed by atoms with Gasteiger partial charge in [-0.2, -0.15) is 0 Å². The van der Waals surface area contributed by atoms with Crippen molar-refractivity contribution in [2.45, 2.75) is 25.5 Å². The molecule has 0 bridgehead atoms. The first-order valence-corrected chi connectivity index (χ1v) is 10.3. The van der Waals surface area contributed by atoms with Crippen molar-refractivity contribution in [2.75, 3.05) is 33.5 Å². The van der Waals surface area contributed by atoms with Crippen LogP contribution in [-0.2, 0) is 20.7 Å². The fraction of sp³-hybridized carbons (Fsp3) is 0.375. The Bertz CT molecular complexity index is 952. The molecule has 2 unspecified atom stereocenters. The Morgan fingerprint density at radius 1 is 1.16 bits per heavy atom. The number of fused-ring (bicyclic) bond motifs is 1. The highest BCUT2D eigenvalue weighted by atomic mass is 16.6. The Morgan fingerprint density at radius 2 is 1.94 bits per heavy atom. The van der Waals surface area contributed by atoms with E-state index >= 15 is 0 Å². The lowest BCUT2D eigenvalue weighted by Gasteiger charge is -2.20. The maximum atomic E-state index is 11.2. The van der Waals surface area contributed by atoms with Gasteiger partial charge in [-0.25, -0.2) is 4.79 Å². The number of benzene rings is 2. The molecule has 2 aromatic carbocycles. The zero-order valence-electron chi connectivity index (χ0n) is 17.9. The summed E-state index contributed by atoms with van der Waals surface area (Å²) in [5.74, 6) is 0.969. The fourth-order valence-corrected chi connectivity index (χ4v) is 3.34. The number of furan rings is 1. The molecule has 0 aliphatic carbocycles. The summed E-state index contributed by atoms with van der Waals surface area (Å²) in [7, 11) is 1.33. The topological polar surface area (TPSA) is 90.2 Å². The van der Waals surface area contributed by atoms with Crippen molar-refractivity contribution in [1.29, 1.82) is 0 Å². The highest BCUT2D eigenvalue weighted by Crippen LogP contribution is 2.28. The molecule has 1 heterocycles. The van der Waals surface area contributed by atoms with Crippen molar-refractivity contribution >= 4 is 16.7 Å². The Kier molecular flexibility index (Phi) is 8.46. The van der Waals surface area contributed by atoms with E-state index in [9.17, 15) is 9.90 Å². The molecule has 0 saturated carbocycles. The lowest BCUT2D eigenvalue weighted by Crippen LogP contribution is -2.33. The van der Waals surface area contributed by atoms with Crippen LogP contribution in [-0.4, -0.2) is 50.6 Å². The second kappa shape index (κ2) is 11.5. The quantitative estimate of drug-likeness (QED) is 0.429. The van der Waals surface area contributed by atoms with Crippen LogP contribution in [0.2, 0.25) is 0 Å². The number of carbonyl (C=O) groups is 1. The maximum absolute atomic E-state index is 11.2. The van der Waals surface area contributed by atoms with Crippen LogP contribution in [0.4, 0.5) is 0 Å². The highest BCUT2D eigenvalue weighted by Gasteiger charge is 2.20. The monoisotopic (exact) mass is 427 g/mol. The van der Waals surface area contributed by atoms with Crippen molar-refractivity contribution in [3.63, 3.8) is 0 Å². The van der Waals surface area contributed by atoms with E-state index < -0.39 is 5.97 Å². The van der Waals surface area contributed by atoms with Crippen LogP contribution in [0.15, 0.2) is 59.2 Å². The number of ether oxygens (including phenoxy) is 3. The van der Waals surface area contributed by atoms with E-state index in [1.54, 1.807) is 6.26 Å². The minimum Gasteiger partial charge on any atom is -0.482 e. The van der Waals surface area contributed by atoms with Crippen LogP contribution < -0.4 is 10.1 Å². The normalized spacial score (nSPS) is 13.1. The molecule has 1 aromatic heterocycles. The van der Waals surface area contributed by atoms with Crippen LogP contribution in [0.1, 0.15) is 24.4 Å². The molecule has 0 saturated heterocycles. The molecule has 0 fully saturated rings. The number of esters is 1. The van der Waals surface area contributed by atoms with Gasteiger partial charge in [0.05, 0.1) is 26.6 Å².